The zero-order valence-electron chi connectivity index (χ0n) is 11.3. The molecule has 1 saturated carbocycles. The summed E-state index contributed by atoms with van der Waals surface area (Å²) in [6, 6.07) is 9.96. The highest BCUT2D eigenvalue weighted by atomic mass is 16.5. The predicted octanol–water partition coefficient (Wildman–Crippen LogP) is 2.71. The summed E-state index contributed by atoms with van der Waals surface area (Å²) in [6.07, 6.45) is 4.36. The fourth-order valence-corrected chi connectivity index (χ4v) is 2.64. The highest BCUT2D eigenvalue weighted by Crippen LogP contribution is 2.32. The van der Waals surface area contributed by atoms with Crippen LogP contribution in [0.2, 0.25) is 0 Å². The Kier molecular flexibility index (Phi) is 3.72. The Hall–Kier alpha value is -1.51. The van der Waals surface area contributed by atoms with Gasteiger partial charge in [0.05, 0.1) is 6.61 Å². The summed E-state index contributed by atoms with van der Waals surface area (Å²) in [4.78, 5) is 14.0. The van der Waals surface area contributed by atoms with Crippen LogP contribution in [0.3, 0.4) is 0 Å². The van der Waals surface area contributed by atoms with E-state index in [0.717, 1.165) is 51.1 Å². The van der Waals surface area contributed by atoms with Gasteiger partial charge in [-0.25, -0.2) is 0 Å². The van der Waals surface area contributed by atoms with Crippen molar-refractivity contribution in [1.82, 2.24) is 4.90 Å². The summed E-state index contributed by atoms with van der Waals surface area (Å²) in [7, 11) is 0. The summed E-state index contributed by atoms with van der Waals surface area (Å²) in [5.41, 5.74) is 0. The molecule has 2 aliphatic rings. The summed E-state index contributed by atoms with van der Waals surface area (Å²) in [5.74, 6) is 2.28. The molecule has 102 valence electrons. The second kappa shape index (κ2) is 5.64. The summed E-state index contributed by atoms with van der Waals surface area (Å²) in [5, 5.41) is 0. The lowest BCUT2D eigenvalue weighted by atomic mass is 9.97. The average molecular weight is 259 g/mol. The second-order valence-corrected chi connectivity index (χ2v) is 5.67. The number of carbonyl (C=O) groups is 1. The molecule has 19 heavy (non-hydrogen) atoms. The van der Waals surface area contributed by atoms with E-state index in [9.17, 15) is 4.79 Å². The zero-order valence-corrected chi connectivity index (χ0v) is 11.3. The Labute approximate surface area is 114 Å². The maximum absolute atomic E-state index is 11.9. The molecule has 1 aliphatic carbocycles. The minimum absolute atomic E-state index is 0.358. The summed E-state index contributed by atoms with van der Waals surface area (Å²) < 4.78 is 5.80. The number of ether oxygens (including phenoxy) is 1. The van der Waals surface area contributed by atoms with E-state index in [0.29, 0.717) is 17.7 Å². The molecule has 0 atom stereocenters. The fourth-order valence-electron chi connectivity index (χ4n) is 2.64. The van der Waals surface area contributed by atoms with Crippen molar-refractivity contribution in [2.24, 2.45) is 11.8 Å². The molecule has 0 unspecified atom stereocenters. The van der Waals surface area contributed by atoms with Crippen molar-refractivity contribution in [3.63, 3.8) is 0 Å². The van der Waals surface area contributed by atoms with E-state index in [1.165, 1.54) is 0 Å². The number of carbonyl (C=O) groups excluding carboxylic acids is 1. The van der Waals surface area contributed by atoms with Crippen LogP contribution in [0.15, 0.2) is 30.3 Å². The first-order valence-corrected chi connectivity index (χ1v) is 7.29. The first-order chi connectivity index (χ1) is 9.33. The molecule has 1 aliphatic heterocycles. The Morgan fingerprint density at radius 3 is 2.42 bits per heavy atom. The van der Waals surface area contributed by atoms with Crippen LogP contribution in [0, 0.1) is 11.8 Å². The van der Waals surface area contributed by atoms with Gasteiger partial charge < -0.3 is 9.64 Å². The summed E-state index contributed by atoms with van der Waals surface area (Å²) >= 11 is 0. The number of hydrogen-bond donors (Lipinski definition) is 0. The largest absolute Gasteiger partial charge is 0.493 e. The molecule has 3 rings (SSSR count). The van der Waals surface area contributed by atoms with E-state index in [-0.39, 0.29) is 0 Å². The number of amides is 1. The minimum atomic E-state index is 0.358. The van der Waals surface area contributed by atoms with Crippen molar-refractivity contribution < 1.29 is 9.53 Å². The lowest BCUT2D eigenvalue weighted by molar-refractivity contribution is -0.134. The number of rotatable bonds is 4. The van der Waals surface area contributed by atoms with Crippen LogP contribution in [0.5, 0.6) is 5.75 Å². The van der Waals surface area contributed by atoms with Crippen LogP contribution in [0.4, 0.5) is 0 Å². The van der Waals surface area contributed by atoms with Gasteiger partial charge in [0.1, 0.15) is 5.75 Å². The monoisotopic (exact) mass is 259 g/mol. The molecule has 1 aromatic rings. The van der Waals surface area contributed by atoms with Gasteiger partial charge in [0.15, 0.2) is 0 Å². The average Bonchev–Trinajstić information content (AvgIpc) is 3.31. The highest BCUT2D eigenvalue weighted by molar-refractivity contribution is 5.81. The Balaban J connectivity index is 1.41. The lowest BCUT2D eigenvalue weighted by Crippen LogP contribution is -2.40. The third kappa shape index (κ3) is 3.28. The molecule has 3 nitrogen and oxygen atoms in total. The predicted molar refractivity (Wildman–Crippen MR) is 74.0 cm³/mol. The van der Waals surface area contributed by atoms with Crippen LogP contribution in [0.25, 0.3) is 0 Å². The standard InChI is InChI=1S/C16H21NO2/c18-16(14-6-7-14)17-10-8-13(9-11-17)12-19-15-4-2-1-3-5-15/h1-5,13-14H,6-12H2. The first-order valence-electron chi connectivity index (χ1n) is 7.29. The molecule has 1 saturated heterocycles. The fraction of sp³-hybridized carbons (Fsp3) is 0.562. The molecule has 2 fully saturated rings. The molecule has 1 amide bonds. The molecular weight excluding hydrogens is 238 g/mol. The van der Waals surface area contributed by atoms with Crippen molar-refractivity contribution >= 4 is 5.91 Å². The van der Waals surface area contributed by atoms with Gasteiger partial charge in [0.25, 0.3) is 0 Å². The van der Waals surface area contributed by atoms with Gasteiger partial charge >= 0.3 is 0 Å². The molecule has 1 aromatic carbocycles. The van der Waals surface area contributed by atoms with Crippen molar-refractivity contribution in [1.29, 1.82) is 0 Å². The molecule has 3 heteroatoms. The van der Waals surface area contributed by atoms with Gasteiger partial charge in [-0.15, -0.1) is 0 Å². The van der Waals surface area contributed by atoms with Crippen LogP contribution in [-0.2, 0) is 4.79 Å². The molecule has 0 spiro atoms. The van der Waals surface area contributed by atoms with Crippen molar-refractivity contribution in [2.75, 3.05) is 19.7 Å². The Morgan fingerprint density at radius 1 is 1.11 bits per heavy atom. The highest BCUT2D eigenvalue weighted by Gasteiger charge is 2.34. The zero-order chi connectivity index (χ0) is 13.1. The number of para-hydroxylation sites is 1. The third-order valence-corrected chi connectivity index (χ3v) is 4.08. The third-order valence-electron chi connectivity index (χ3n) is 4.08. The maximum atomic E-state index is 11.9. The van der Waals surface area contributed by atoms with Gasteiger partial charge in [-0.1, -0.05) is 18.2 Å². The van der Waals surface area contributed by atoms with Crippen molar-refractivity contribution in [3.8, 4) is 5.75 Å². The number of hydrogen-bond acceptors (Lipinski definition) is 2. The summed E-state index contributed by atoms with van der Waals surface area (Å²) in [6.45, 7) is 2.60. The van der Waals surface area contributed by atoms with E-state index < -0.39 is 0 Å². The van der Waals surface area contributed by atoms with Gasteiger partial charge in [-0.05, 0) is 43.7 Å². The van der Waals surface area contributed by atoms with Crippen LogP contribution < -0.4 is 4.74 Å². The van der Waals surface area contributed by atoms with Crippen LogP contribution in [-0.4, -0.2) is 30.5 Å². The molecule has 0 N–H and O–H groups in total. The molecule has 0 radical (unpaired) electrons. The quantitative estimate of drug-likeness (QED) is 0.832. The molecular formula is C16H21NO2. The smallest absolute Gasteiger partial charge is 0.225 e. The van der Waals surface area contributed by atoms with Gasteiger partial charge in [0, 0.05) is 19.0 Å². The van der Waals surface area contributed by atoms with Gasteiger partial charge in [-0.3, -0.25) is 4.79 Å². The van der Waals surface area contributed by atoms with E-state index in [1.54, 1.807) is 0 Å². The van der Waals surface area contributed by atoms with E-state index in [2.05, 4.69) is 4.90 Å². The van der Waals surface area contributed by atoms with Crippen LogP contribution in [0.1, 0.15) is 25.7 Å². The number of nitrogens with zero attached hydrogens (tertiary/aromatic N) is 1. The Morgan fingerprint density at radius 2 is 1.79 bits per heavy atom. The van der Waals surface area contributed by atoms with Crippen LogP contribution >= 0.6 is 0 Å². The number of piperidine rings is 1. The van der Waals surface area contributed by atoms with Crippen molar-refractivity contribution in [2.45, 2.75) is 25.7 Å². The van der Waals surface area contributed by atoms with Gasteiger partial charge in [-0.2, -0.15) is 0 Å². The number of benzene rings is 1. The van der Waals surface area contributed by atoms with Crippen molar-refractivity contribution in [3.05, 3.63) is 30.3 Å². The molecule has 0 aromatic heterocycles. The van der Waals surface area contributed by atoms with E-state index >= 15 is 0 Å². The SMILES string of the molecule is O=C(C1CC1)N1CCC(COc2ccccc2)CC1. The minimum Gasteiger partial charge on any atom is -0.493 e. The van der Waals surface area contributed by atoms with E-state index in [4.69, 9.17) is 4.74 Å². The van der Waals surface area contributed by atoms with Gasteiger partial charge in [0.2, 0.25) is 5.91 Å². The lowest BCUT2D eigenvalue weighted by Gasteiger charge is -2.32. The molecule has 0 bridgehead atoms. The molecule has 1 heterocycles. The normalized spacial score (nSPS) is 20.3. The number of likely N-dealkylation sites (tertiary alicyclic amines) is 1. The first kappa shape index (κ1) is 12.5. The van der Waals surface area contributed by atoms with E-state index in [1.807, 2.05) is 30.3 Å². The second-order valence-electron chi connectivity index (χ2n) is 5.67. The topological polar surface area (TPSA) is 29.5 Å². The Bertz CT molecular complexity index is 420. The maximum Gasteiger partial charge on any atom is 0.225 e.